The fourth-order valence-electron chi connectivity index (χ4n) is 1.87. The highest BCUT2D eigenvalue weighted by molar-refractivity contribution is 8.12. The van der Waals surface area contributed by atoms with Gasteiger partial charge in [-0.05, 0) is 43.2 Å². The number of halogens is 1. The van der Waals surface area contributed by atoms with E-state index < -0.39 is 0 Å². The molecule has 1 aromatic rings. The van der Waals surface area contributed by atoms with E-state index in [-0.39, 0.29) is 6.17 Å². The average molecular weight is 336 g/mol. The first kappa shape index (κ1) is 16.8. The van der Waals surface area contributed by atoms with Gasteiger partial charge in [-0.25, -0.2) is 9.71 Å². The Morgan fingerprint density at radius 1 is 1.45 bits per heavy atom. The van der Waals surface area contributed by atoms with Gasteiger partial charge in [0.25, 0.3) is 5.23 Å². The molecule has 2 rings (SSSR count). The third kappa shape index (κ3) is 5.02. The van der Waals surface area contributed by atoms with Gasteiger partial charge in [0.2, 0.25) is 0 Å². The Morgan fingerprint density at radius 3 is 2.77 bits per heavy atom. The first-order valence-corrected chi connectivity index (χ1v) is 7.98. The molecule has 2 N–H and O–H groups in total. The second-order valence-electron chi connectivity index (χ2n) is 5.00. The molecule has 0 aliphatic carbocycles. The van der Waals surface area contributed by atoms with Crippen LogP contribution in [0.4, 0.5) is 0 Å². The fraction of sp³-hybridized carbons (Fsp3) is 0.250. The van der Waals surface area contributed by atoms with Crippen molar-refractivity contribution in [3.63, 3.8) is 0 Å². The standard InChI is InChI=1S/C16H18ClN3OS/c1-10(8-11(2)18)12(3)21-16-19-15(20-22-16)9-13-4-6-14(17)7-5-13/h4-8,15,18,20H,3,9H2,1-2H3/b10-8-,18-11?. The number of ether oxygens (including phenoxy) is 1. The smallest absolute Gasteiger partial charge is 0.268 e. The van der Waals surface area contributed by atoms with Crippen LogP contribution in [-0.2, 0) is 11.2 Å². The van der Waals surface area contributed by atoms with Crippen molar-refractivity contribution in [3.8, 4) is 0 Å². The van der Waals surface area contributed by atoms with E-state index >= 15 is 0 Å². The number of rotatable bonds is 5. The van der Waals surface area contributed by atoms with E-state index in [1.165, 1.54) is 11.9 Å². The SMILES string of the molecule is C=C(OC1=NC(Cc2ccc(Cl)cc2)NS1)/C(C)=C\C(C)=N. The Balaban J connectivity index is 1.93. The number of aliphatic imine (C=N–C) groups is 1. The fourth-order valence-corrected chi connectivity index (χ4v) is 2.69. The van der Waals surface area contributed by atoms with Crippen LogP contribution in [0.1, 0.15) is 19.4 Å². The van der Waals surface area contributed by atoms with Gasteiger partial charge in [0.05, 0.1) is 0 Å². The number of allylic oxidation sites excluding steroid dienone is 2. The summed E-state index contributed by atoms with van der Waals surface area (Å²) in [5.74, 6) is 0.506. The molecule has 22 heavy (non-hydrogen) atoms. The predicted octanol–water partition coefficient (Wildman–Crippen LogP) is 4.33. The minimum absolute atomic E-state index is 0.0391. The zero-order valence-electron chi connectivity index (χ0n) is 12.5. The van der Waals surface area contributed by atoms with Gasteiger partial charge in [-0.1, -0.05) is 30.3 Å². The molecule has 0 radical (unpaired) electrons. The maximum absolute atomic E-state index is 7.44. The lowest BCUT2D eigenvalue weighted by atomic mass is 10.1. The molecule has 0 aromatic heterocycles. The van der Waals surface area contributed by atoms with Crippen LogP contribution >= 0.6 is 23.5 Å². The molecule has 1 heterocycles. The maximum atomic E-state index is 7.44. The quantitative estimate of drug-likeness (QED) is 0.364. The second-order valence-corrected chi connectivity index (χ2v) is 6.22. The molecule has 1 aliphatic heterocycles. The van der Waals surface area contributed by atoms with Crippen molar-refractivity contribution in [3.05, 3.63) is 58.8 Å². The minimum Gasteiger partial charge on any atom is -0.433 e. The van der Waals surface area contributed by atoms with E-state index in [0.29, 0.717) is 16.7 Å². The number of hydrogen-bond acceptors (Lipinski definition) is 5. The second kappa shape index (κ2) is 7.63. The normalized spacial score (nSPS) is 18.0. The Labute approximate surface area is 140 Å². The largest absolute Gasteiger partial charge is 0.433 e. The summed E-state index contributed by atoms with van der Waals surface area (Å²) in [6.45, 7) is 7.44. The number of nitrogens with one attached hydrogen (secondary N) is 2. The van der Waals surface area contributed by atoms with Crippen LogP contribution in [0.25, 0.3) is 0 Å². The Kier molecular flexibility index (Phi) is 5.83. The molecule has 0 fully saturated rings. The Hall–Kier alpha value is -1.56. The van der Waals surface area contributed by atoms with E-state index in [2.05, 4.69) is 16.3 Å². The van der Waals surface area contributed by atoms with E-state index in [1.54, 1.807) is 13.0 Å². The highest BCUT2D eigenvalue weighted by Crippen LogP contribution is 2.21. The van der Waals surface area contributed by atoms with Crippen molar-refractivity contribution in [2.45, 2.75) is 26.4 Å². The summed E-state index contributed by atoms with van der Waals surface area (Å²) >= 11 is 7.22. The van der Waals surface area contributed by atoms with Gasteiger partial charge in [0.15, 0.2) is 0 Å². The van der Waals surface area contributed by atoms with E-state index in [9.17, 15) is 0 Å². The Bertz CT molecular complexity index is 637. The molecule has 0 spiro atoms. The summed E-state index contributed by atoms with van der Waals surface area (Å²) in [6.07, 6.45) is 2.43. The zero-order chi connectivity index (χ0) is 16.1. The molecule has 1 atom stereocenters. The summed E-state index contributed by atoms with van der Waals surface area (Å²) in [7, 11) is 0. The van der Waals surface area contributed by atoms with Crippen LogP contribution in [-0.4, -0.2) is 17.1 Å². The van der Waals surface area contributed by atoms with Gasteiger partial charge in [0.1, 0.15) is 11.9 Å². The van der Waals surface area contributed by atoms with Gasteiger partial charge >= 0.3 is 0 Å². The summed E-state index contributed by atoms with van der Waals surface area (Å²) < 4.78 is 8.84. The third-order valence-electron chi connectivity index (χ3n) is 2.97. The van der Waals surface area contributed by atoms with Crippen molar-refractivity contribution in [1.82, 2.24) is 4.72 Å². The van der Waals surface area contributed by atoms with Crippen molar-refractivity contribution >= 4 is 34.5 Å². The summed E-state index contributed by atoms with van der Waals surface area (Å²) in [5.41, 5.74) is 2.43. The molecular formula is C16H18ClN3OS. The molecule has 0 saturated heterocycles. The lowest BCUT2D eigenvalue weighted by molar-refractivity contribution is 0.438. The van der Waals surface area contributed by atoms with Crippen molar-refractivity contribution in [1.29, 1.82) is 5.41 Å². The predicted molar refractivity (Wildman–Crippen MR) is 94.5 cm³/mol. The summed E-state index contributed by atoms with van der Waals surface area (Å²) in [4.78, 5) is 4.48. The number of nitrogens with zero attached hydrogens (tertiary/aromatic N) is 1. The van der Waals surface area contributed by atoms with Gasteiger partial charge in [-0.2, -0.15) is 0 Å². The molecule has 0 saturated carbocycles. The monoisotopic (exact) mass is 335 g/mol. The zero-order valence-corrected chi connectivity index (χ0v) is 14.1. The molecule has 0 bridgehead atoms. The lowest BCUT2D eigenvalue weighted by Crippen LogP contribution is -2.18. The van der Waals surface area contributed by atoms with Crippen LogP contribution in [0.2, 0.25) is 5.02 Å². The number of hydrogen-bond donors (Lipinski definition) is 2. The average Bonchev–Trinajstić information content (AvgIpc) is 2.88. The summed E-state index contributed by atoms with van der Waals surface area (Å²) in [5, 5.41) is 8.71. The Morgan fingerprint density at radius 2 is 2.14 bits per heavy atom. The van der Waals surface area contributed by atoms with Crippen LogP contribution in [0.5, 0.6) is 0 Å². The molecule has 116 valence electrons. The summed E-state index contributed by atoms with van der Waals surface area (Å²) in [6, 6.07) is 7.72. The van der Waals surface area contributed by atoms with Crippen molar-refractivity contribution in [2.24, 2.45) is 4.99 Å². The van der Waals surface area contributed by atoms with Crippen LogP contribution in [0.15, 0.2) is 53.2 Å². The van der Waals surface area contributed by atoms with Crippen molar-refractivity contribution < 1.29 is 4.74 Å². The minimum atomic E-state index is -0.0391. The van der Waals surface area contributed by atoms with Crippen LogP contribution in [0.3, 0.4) is 0 Å². The van der Waals surface area contributed by atoms with Crippen molar-refractivity contribution in [2.75, 3.05) is 0 Å². The van der Waals surface area contributed by atoms with E-state index in [0.717, 1.165) is 22.6 Å². The van der Waals surface area contributed by atoms with Gasteiger partial charge in [-0.15, -0.1) is 0 Å². The molecule has 4 nitrogen and oxygen atoms in total. The van der Waals surface area contributed by atoms with Crippen LogP contribution < -0.4 is 4.72 Å². The molecule has 6 heteroatoms. The maximum Gasteiger partial charge on any atom is 0.268 e. The molecule has 1 aliphatic rings. The topological polar surface area (TPSA) is 57.5 Å². The van der Waals surface area contributed by atoms with E-state index in [4.69, 9.17) is 21.7 Å². The van der Waals surface area contributed by atoms with Gasteiger partial charge in [-0.3, -0.25) is 0 Å². The third-order valence-corrected chi connectivity index (χ3v) is 3.97. The van der Waals surface area contributed by atoms with Gasteiger partial charge in [0, 0.05) is 29.1 Å². The molecule has 0 amide bonds. The molecular weight excluding hydrogens is 318 g/mol. The van der Waals surface area contributed by atoms with Crippen LogP contribution in [0, 0.1) is 5.41 Å². The van der Waals surface area contributed by atoms with Gasteiger partial charge < -0.3 is 10.1 Å². The molecule has 1 unspecified atom stereocenters. The van der Waals surface area contributed by atoms with E-state index in [1.807, 2.05) is 31.2 Å². The highest BCUT2D eigenvalue weighted by Gasteiger charge is 2.20. The molecule has 1 aromatic carbocycles. The highest BCUT2D eigenvalue weighted by atomic mass is 35.5. The first-order valence-electron chi connectivity index (χ1n) is 6.79. The lowest BCUT2D eigenvalue weighted by Gasteiger charge is -2.07. The number of benzene rings is 1. The first-order chi connectivity index (χ1) is 10.4.